The second-order valence-electron chi connectivity index (χ2n) is 3.79. The summed E-state index contributed by atoms with van der Waals surface area (Å²) in [5.74, 6) is 0.947. The van der Waals surface area contributed by atoms with Gasteiger partial charge in [-0.1, -0.05) is 17.7 Å². The van der Waals surface area contributed by atoms with Gasteiger partial charge in [-0.15, -0.1) is 0 Å². The van der Waals surface area contributed by atoms with Crippen LogP contribution in [0.1, 0.15) is 18.4 Å². The summed E-state index contributed by atoms with van der Waals surface area (Å²) < 4.78 is 0. The summed E-state index contributed by atoms with van der Waals surface area (Å²) in [6.45, 7) is 0. The van der Waals surface area contributed by atoms with E-state index in [9.17, 15) is 4.79 Å². The zero-order chi connectivity index (χ0) is 9.71. The van der Waals surface area contributed by atoms with E-state index in [2.05, 4.69) is 4.98 Å². The minimum Gasteiger partial charge on any atom is -0.293 e. The van der Waals surface area contributed by atoms with Gasteiger partial charge in [-0.2, -0.15) is 0 Å². The lowest BCUT2D eigenvalue weighted by Gasteiger charge is -2.14. The second-order valence-corrected chi connectivity index (χ2v) is 4.18. The van der Waals surface area contributed by atoms with Crippen molar-refractivity contribution in [2.45, 2.75) is 25.3 Å². The van der Waals surface area contributed by atoms with Crippen molar-refractivity contribution < 1.29 is 4.79 Å². The Bertz CT molecular complexity index is 415. The molecule has 0 saturated heterocycles. The van der Waals surface area contributed by atoms with E-state index in [1.165, 1.54) is 0 Å². The fourth-order valence-electron chi connectivity index (χ4n) is 1.88. The van der Waals surface area contributed by atoms with Crippen LogP contribution in [-0.2, 0) is 11.2 Å². The van der Waals surface area contributed by atoms with Gasteiger partial charge in [-0.05, 0) is 18.9 Å². The molecule has 0 unspecified atom stereocenters. The molecule has 72 valence electrons. The molecule has 1 aliphatic heterocycles. The zero-order valence-electron chi connectivity index (χ0n) is 7.53. The van der Waals surface area contributed by atoms with Crippen LogP contribution in [0.4, 0.5) is 5.82 Å². The quantitative estimate of drug-likeness (QED) is 0.660. The Morgan fingerprint density at radius 3 is 2.93 bits per heavy atom. The second kappa shape index (κ2) is 2.70. The standard InChI is InChI=1S/C10H9ClN2O/c11-8-4-1-6-5-9(14)13(7-2-3-7)10(6)12-8/h1,4,7H,2-3,5H2. The largest absolute Gasteiger partial charge is 0.293 e. The van der Waals surface area contributed by atoms with Crippen LogP contribution >= 0.6 is 11.6 Å². The van der Waals surface area contributed by atoms with E-state index in [1.54, 1.807) is 11.0 Å². The normalized spacial score (nSPS) is 20.1. The van der Waals surface area contributed by atoms with Gasteiger partial charge in [0.1, 0.15) is 11.0 Å². The number of hydrogen-bond donors (Lipinski definition) is 0. The van der Waals surface area contributed by atoms with Gasteiger partial charge in [0.25, 0.3) is 0 Å². The third kappa shape index (κ3) is 1.12. The first kappa shape index (κ1) is 8.24. The van der Waals surface area contributed by atoms with Crippen LogP contribution in [0.2, 0.25) is 5.15 Å². The molecule has 1 aliphatic carbocycles. The van der Waals surface area contributed by atoms with Crippen molar-refractivity contribution in [2.75, 3.05) is 4.90 Å². The highest BCUT2D eigenvalue weighted by atomic mass is 35.5. The molecule has 1 aromatic heterocycles. The van der Waals surface area contributed by atoms with E-state index in [0.717, 1.165) is 24.2 Å². The minimum absolute atomic E-state index is 0.164. The molecule has 1 amide bonds. The molecule has 4 heteroatoms. The van der Waals surface area contributed by atoms with Gasteiger partial charge >= 0.3 is 0 Å². The lowest BCUT2D eigenvalue weighted by atomic mass is 10.2. The summed E-state index contributed by atoms with van der Waals surface area (Å²) in [5, 5.41) is 0.462. The first-order valence-electron chi connectivity index (χ1n) is 4.73. The zero-order valence-corrected chi connectivity index (χ0v) is 8.29. The van der Waals surface area contributed by atoms with Crippen molar-refractivity contribution in [3.63, 3.8) is 0 Å². The molecule has 0 spiro atoms. The number of rotatable bonds is 1. The molecule has 2 aliphatic rings. The highest BCUT2D eigenvalue weighted by Crippen LogP contribution is 2.37. The molecule has 0 radical (unpaired) electrons. The lowest BCUT2D eigenvalue weighted by Crippen LogP contribution is -2.29. The van der Waals surface area contributed by atoms with Crippen LogP contribution in [0.15, 0.2) is 12.1 Å². The van der Waals surface area contributed by atoms with E-state index >= 15 is 0 Å². The number of anilines is 1. The number of amides is 1. The van der Waals surface area contributed by atoms with Gasteiger partial charge in [0, 0.05) is 11.6 Å². The third-order valence-electron chi connectivity index (χ3n) is 2.67. The number of fused-ring (bicyclic) bond motifs is 1. The molecule has 1 aromatic rings. The van der Waals surface area contributed by atoms with Gasteiger partial charge in [0.05, 0.1) is 6.42 Å². The molecule has 3 rings (SSSR count). The molecule has 1 saturated carbocycles. The smallest absolute Gasteiger partial charge is 0.232 e. The number of aromatic nitrogens is 1. The van der Waals surface area contributed by atoms with Crippen LogP contribution in [0.5, 0.6) is 0 Å². The summed E-state index contributed by atoms with van der Waals surface area (Å²) in [5.41, 5.74) is 1.01. The molecular weight excluding hydrogens is 200 g/mol. The van der Waals surface area contributed by atoms with Crippen molar-refractivity contribution in [2.24, 2.45) is 0 Å². The lowest BCUT2D eigenvalue weighted by molar-refractivity contribution is -0.117. The van der Waals surface area contributed by atoms with Crippen LogP contribution in [-0.4, -0.2) is 16.9 Å². The molecule has 0 atom stereocenters. The van der Waals surface area contributed by atoms with Crippen molar-refractivity contribution >= 4 is 23.3 Å². The van der Waals surface area contributed by atoms with Crippen molar-refractivity contribution in [1.82, 2.24) is 4.98 Å². The molecule has 1 fully saturated rings. The van der Waals surface area contributed by atoms with E-state index in [-0.39, 0.29) is 5.91 Å². The van der Waals surface area contributed by atoms with Crippen LogP contribution in [0, 0.1) is 0 Å². The van der Waals surface area contributed by atoms with Crippen molar-refractivity contribution in [1.29, 1.82) is 0 Å². The topological polar surface area (TPSA) is 33.2 Å². The van der Waals surface area contributed by atoms with Crippen LogP contribution in [0.3, 0.4) is 0 Å². The molecule has 0 bridgehead atoms. The molecule has 0 aromatic carbocycles. The predicted octanol–water partition coefficient (Wildman–Crippen LogP) is 1.79. The first-order chi connectivity index (χ1) is 6.75. The highest BCUT2D eigenvalue weighted by molar-refractivity contribution is 6.29. The number of carbonyl (C=O) groups is 1. The maximum atomic E-state index is 11.7. The Kier molecular flexibility index (Phi) is 1.59. The molecular formula is C10H9ClN2O. The summed E-state index contributed by atoms with van der Waals surface area (Å²) in [6, 6.07) is 4.02. The van der Waals surface area contributed by atoms with Gasteiger partial charge in [-0.3, -0.25) is 9.69 Å². The van der Waals surface area contributed by atoms with E-state index in [4.69, 9.17) is 11.6 Å². The maximum absolute atomic E-state index is 11.7. The summed E-state index contributed by atoms with van der Waals surface area (Å²) in [6.07, 6.45) is 2.68. The maximum Gasteiger partial charge on any atom is 0.232 e. The molecule has 0 N–H and O–H groups in total. The highest BCUT2D eigenvalue weighted by Gasteiger charge is 2.39. The molecule has 2 heterocycles. The van der Waals surface area contributed by atoms with Gasteiger partial charge in [0.2, 0.25) is 5.91 Å². The number of nitrogens with zero attached hydrogens (tertiary/aromatic N) is 2. The minimum atomic E-state index is 0.164. The Labute approximate surface area is 86.7 Å². The van der Waals surface area contributed by atoms with Gasteiger partial charge in [-0.25, -0.2) is 4.98 Å². The van der Waals surface area contributed by atoms with Gasteiger partial charge < -0.3 is 0 Å². The average molecular weight is 209 g/mol. The van der Waals surface area contributed by atoms with E-state index in [1.807, 2.05) is 6.07 Å². The van der Waals surface area contributed by atoms with Crippen LogP contribution in [0.25, 0.3) is 0 Å². The Morgan fingerprint density at radius 1 is 1.43 bits per heavy atom. The number of pyridine rings is 1. The fourth-order valence-corrected chi connectivity index (χ4v) is 2.02. The predicted molar refractivity (Wildman–Crippen MR) is 53.5 cm³/mol. The first-order valence-corrected chi connectivity index (χ1v) is 5.11. The molecule has 14 heavy (non-hydrogen) atoms. The van der Waals surface area contributed by atoms with Crippen LogP contribution < -0.4 is 4.90 Å². The third-order valence-corrected chi connectivity index (χ3v) is 2.88. The Morgan fingerprint density at radius 2 is 2.21 bits per heavy atom. The summed E-state index contributed by atoms with van der Waals surface area (Å²) in [4.78, 5) is 17.7. The number of hydrogen-bond acceptors (Lipinski definition) is 2. The van der Waals surface area contributed by atoms with E-state index < -0.39 is 0 Å². The van der Waals surface area contributed by atoms with E-state index in [0.29, 0.717) is 17.6 Å². The average Bonchev–Trinajstić information content (AvgIpc) is 2.90. The number of carbonyl (C=O) groups excluding carboxylic acids is 1. The van der Waals surface area contributed by atoms with Gasteiger partial charge in [0.15, 0.2) is 0 Å². The SMILES string of the molecule is O=C1Cc2ccc(Cl)nc2N1C1CC1. The van der Waals surface area contributed by atoms with Crippen molar-refractivity contribution in [3.05, 3.63) is 22.8 Å². The summed E-state index contributed by atoms with van der Waals surface area (Å²) in [7, 11) is 0. The Balaban J connectivity index is 2.09. The summed E-state index contributed by atoms with van der Waals surface area (Å²) >= 11 is 5.81. The van der Waals surface area contributed by atoms with Crippen molar-refractivity contribution in [3.8, 4) is 0 Å². The number of halogens is 1. The molecule has 3 nitrogen and oxygen atoms in total. The Hall–Kier alpha value is -1.09. The fraction of sp³-hybridized carbons (Fsp3) is 0.400. The monoisotopic (exact) mass is 208 g/mol.